The summed E-state index contributed by atoms with van der Waals surface area (Å²) in [5.74, 6) is -7.62. The maximum atomic E-state index is 14.7. The molecule has 542 valence electrons. The summed E-state index contributed by atoms with van der Waals surface area (Å²) in [6, 6.07) is 34.6. The highest BCUT2D eigenvalue weighted by Gasteiger charge is 2.68. The Balaban J connectivity index is 0.000000125. The van der Waals surface area contributed by atoms with E-state index in [0.717, 1.165) is 43.5 Å². The number of aromatic nitrogens is 1. The lowest BCUT2D eigenvalue weighted by molar-refractivity contribution is 0.0165. The Bertz CT molecular complexity index is 4820. The minimum Gasteiger partial charge on any atom is -0.465 e. The Hall–Kier alpha value is -9.69. The number of methoxy groups -OCH3 is 1. The number of fused-ring (bicyclic) bond motifs is 5. The number of nitrogens with two attached hydrogens (primary N) is 2. The molecular weight excluding hydrogens is 1550 g/mol. The zero-order valence-electron chi connectivity index (χ0n) is 53.4. The lowest BCUT2D eigenvalue weighted by Crippen LogP contribution is -2.46. The molecular formula is C71H54Br2ClF12N9O9. The number of halogens is 15. The highest BCUT2D eigenvalue weighted by Crippen LogP contribution is 2.60. The van der Waals surface area contributed by atoms with Crippen molar-refractivity contribution in [2.24, 2.45) is 55.1 Å². The molecule has 2 amide bonds. The maximum absolute atomic E-state index is 14.7. The van der Waals surface area contributed by atoms with Crippen LogP contribution in [0.2, 0.25) is 5.02 Å². The van der Waals surface area contributed by atoms with Crippen LogP contribution in [0.5, 0.6) is 0 Å². The predicted octanol–water partition coefficient (Wildman–Crippen LogP) is 14.8. The normalized spacial score (nSPS) is 26.8. The van der Waals surface area contributed by atoms with E-state index < -0.39 is 149 Å². The average Bonchev–Trinajstić information content (AvgIpc) is 1.58. The first-order chi connectivity index (χ1) is 49.6. The van der Waals surface area contributed by atoms with Crippen LogP contribution >= 0.6 is 43.5 Å². The smallest absolute Gasteiger partial charge is 0.337 e. The number of benzene rings is 7. The van der Waals surface area contributed by atoms with Crippen molar-refractivity contribution in [3.05, 3.63) is 228 Å². The van der Waals surface area contributed by atoms with Gasteiger partial charge in [-0.1, -0.05) is 79.9 Å². The highest BCUT2D eigenvalue weighted by atomic mass is 79.9. The third-order valence-corrected chi connectivity index (χ3v) is 20.0. The lowest BCUT2D eigenvalue weighted by Gasteiger charge is -2.34. The van der Waals surface area contributed by atoms with Gasteiger partial charge in [0.05, 0.1) is 12.7 Å². The molecule has 4 aliphatic heterocycles. The molecule has 1 aromatic heterocycles. The van der Waals surface area contributed by atoms with E-state index in [9.17, 15) is 67.1 Å². The summed E-state index contributed by atoms with van der Waals surface area (Å²) in [4.78, 5) is 56.6. The number of ether oxygens (including phenoxy) is 5. The number of hydrogen-bond donors (Lipinski definition) is 4. The molecule has 33 heteroatoms. The van der Waals surface area contributed by atoms with Crippen LogP contribution in [0.15, 0.2) is 185 Å². The van der Waals surface area contributed by atoms with E-state index in [-0.39, 0.29) is 58.2 Å². The topological polar surface area (TPSA) is 249 Å². The molecule has 4 aliphatic carbocycles. The largest absolute Gasteiger partial charge is 0.465 e. The van der Waals surface area contributed by atoms with Crippen molar-refractivity contribution < 1.29 is 95.2 Å². The second-order valence-electron chi connectivity index (χ2n) is 25.1. The zero-order valence-corrected chi connectivity index (χ0v) is 57.4. The molecule has 12 atom stereocenters. The van der Waals surface area contributed by atoms with Crippen molar-refractivity contribution in [3.63, 3.8) is 0 Å². The molecule has 4 fully saturated rings. The number of rotatable bonds is 12. The van der Waals surface area contributed by atoms with Gasteiger partial charge in [0.25, 0.3) is 61.6 Å². The van der Waals surface area contributed by atoms with Crippen LogP contribution in [-0.2, 0) is 45.8 Å². The second-order valence-corrected chi connectivity index (χ2v) is 27.4. The first kappa shape index (κ1) is 72.7. The van der Waals surface area contributed by atoms with Crippen molar-refractivity contribution in [3.8, 4) is 11.5 Å². The number of carbonyl (C=O) groups is 3. The Morgan fingerprint density at radius 2 is 0.875 bits per heavy atom. The fourth-order valence-corrected chi connectivity index (χ4v) is 14.3. The van der Waals surface area contributed by atoms with Crippen LogP contribution in [-0.4, -0.2) is 104 Å². The summed E-state index contributed by atoms with van der Waals surface area (Å²) < 4.78 is 203. The van der Waals surface area contributed by atoms with Crippen molar-refractivity contribution >= 4 is 96.4 Å². The van der Waals surface area contributed by atoms with Crippen LogP contribution in [0.25, 0.3) is 22.6 Å². The minimum absolute atomic E-state index is 0.0808. The van der Waals surface area contributed by atoms with E-state index in [0.29, 0.717) is 55.5 Å². The Kier molecular flexibility index (Phi) is 19.8. The van der Waals surface area contributed by atoms with Gasteiger partial charge < -0.3 is 39.6 Å². The van der Waals surface area contributed by atoms with Crippen LogP contribution in [0, 0.1) is 46.9 Å². The summed E-state index contributed by atoms with van der Waals surface area (Å²) in [6.07, 6.45) is -12.7. The molecule has 18 nitrogen and oxygen atoms in total. The SMILES string of the molecule is COC(=O)c1ccc(F)c([C@]2(C(F)F)N=C(NC(=O)c3ccccc3)O[C@H]3C[C@H]32)c1.NC1=N[C@](c2cc(-c3nc4ccc(Cl)cc4o3)ccc2F)(C(F)F)[C@@H]2C[C@@H]2O1.NC1=N[C@](c2cc(Br)ccc2F)(C(F)F)[C@@H]2C[C@@H]2O1.O=C(NC1=N[C@](c2cc(Br)ccc2F)(C(F)F)[C@@H]2C[C@@H]2O1)c1ccccc1. The molecule has 8 aliphatic rings. The number of oxazole rings is 1. The molecule has 4 saturated carbocycles. The molecule has 5 heterocycles. The number of hydrogen-bond acceptors (Lipinski definition) is 16. The third kappa shape index (κ3) is 13.7. The zero-order chi connectivity index (χ0) is 74.1. The number of carbonyl (C=O) groups excluding carboxylic acids is 3. The lowest BCUT2D eigenvalue weighted by atomic mass is 9.84. The van der Waals surface area contributed by atoms with Crippen LogP contribution in [0.3, 0.4) is 0 Å². The first-order valence-corrected chi connectivity index (χ1v) is 33.7. The van der Waals surface area contributed by atoms with Crippen LogP contribution < -0.4 is 22.1 Å². The van der Waals surface area contributed by atoms with E-state index >= 15 is 0 Å². The molecule has 8 aromatic rings. The summed E-state index contributed by atoms with van der Waals surface area (Å²) in [5, 5.41) is 5.28. The molecule has 0 spiro atoms. The Morgan fingerprint density at radius 3 is 1.30 bits per heavy atom. The molecule has 0 radical (unpaired) electrons. The van der Waals surface area contributed by atoms with E-state index in [1.165, 1.54) is 36.4 Å². The summed E-state index contributed by atoms with van der Waals surface area (Å²) in [5.41, 5.74) is 3.43. The van der Waals surface area contributed by atoms with Gasteiger partial charge in [0.15, 0.2) is 27.7 Å². The van der Waals surface area contributed by atoms with E-state index in [4.69, 9.17) is 46.4 Å². The molecule has 104 heavy (non-hydrogen) atoms. The number of amidine groups is 4. The van der Waals surface area contributed by atoms with Gasteiger partial charge >= 0.3 is 5.97 Å². The van der Waals surface area contributed by atoms with Gasteiger partial charge in [-0.15, -0.1) is 0 Å². The number of nitrogens with one attached hydrogen (secondary N) is 2. The van der Waals surface area contributed by atoms with Crippen molar-refractivity contribution in [2.75, 3.05) is 7.11 Å². The summed E-state index contributed by atoms with van der Waals surface area (Å²) in [6.45, 7) is 0. The first-order valence-electron chi connectivity index (χ1n) is 31.7. The number of esters is 1. The molecule has 0 saturated heterocycles. The van der Waals surface area contributed by atoms with Gasteiger partial charge in [-0.3, -0.25) is 20.2 Å². The molecule has 6 N–H and O–H groups in total. The third-order valence-electron chi connectivity index (χ3n) is 18.8. The van der Waals surface area contributed by atoms with Gasteiger partial charge in [-0.05, 0) is 135 Å². The van der Waals surface area contributed by atoms with Gasteiger partial charge in [-0.2, -0.15) is 0 Å². The van der Waals surface area contributed by atoms with Gasteiger partial charge in [0, 0.05) is 82.7 Å². The van der Waals surface area contributed by atoms with Crippen molar-refractivity contribution in [2.45, 2.75) is 98.0 Å². The summed E-state index contributed by atoms with van der Waals surface area (Å²) >= 11 is 12.3. The molecule has 16 rings (SSSR count). The van der Waals surface area contributed by atoms with E-state index in [1.54, 1.807) is 78.9 Å². The van der Waals surface area contributed by atoms with Gasteiger partial charge in [-0.25, -0.2) is 82.4 Å². The van der Waals surface area contributed by atoms with Gasteiger partial charge in [0.2, 0.25) is 5.89 Å². The fraction of sp³-hybridized carbons (Fsp3) is 0.296. The monoisotopic (exact) mass is 1600 g/mol. The average molecular weight is 1600 g/mol. The number of alkyl halides is 8. The highest BCUT2D eigenvalue weighted by molar-refractivity contribution is 9.10. The molecule has 0 bridgehead atoms. The Morgan fingerprint density at radius 1 is 0.490 bits per heavy atom. The van der Waals surface area contributed by atoms with Crippen molar-refractivity contribution in [1.29, 1.82) is 0 Å². The molecule has 7 aromatic carbocycles. The quantitative estimate of drug-likeness (QED) is 0.0659. The summed E-state index contributed by atoms with van der Waals surface area (Å²) in [7, 11) is 1.13. The second kappa shape index (κ2) is 28.4. The van der Waals surface area contributed by atoms with E-state index in [1.807, 2.05) is 0 Å². The van der Waals surface area contributed by atoms with E-state index in [2.05, 4.69) is 72.2 Å². The van der Waals surface area contributed by atoms with Crippen LogP contribution in [0.1, 0.15) is 79.0 Å². The molecule has 0 unspecified atom stereocenters. The number of amides is 2. The number of nitrogens with zero attached hydrogens (tertiary/aromatic N) is 5. The minimum atomic E-state index is -3.11. The van der Waals surface area contributed by atoms with Crippen LogP contribution in [0.4, 0.5) is 52.7 Å². The predicted molar refractivity (Wildman–Crippen MR) is 359 cm³/mol. The maximum Gasteiger partial charge on any atom is 0.337 e. The van der Waals surface area contributed by atoms with Crippen molar-refractivity contribution in [1.82, 2.24) is 15.6 Å². The Labute approximate surface area is 603 Å². The standard InChI is InChI=1S/C21H17F3N2O4.C19H14BrF3N2O2.C19H13ClF3N3O2.C12H10BrF3N2O/c1-29-18(28)12-7-8-15(22)13(9-12)21(19(23)24)14-10-16(14)30-20(26-21)25-17(27)11-5-3-2-4-6-11;20-11-6-7-14(21)12(8-11)19(17(22)23)13-9-15(13)27-18(25-19)24-16(26)10-4-2-1-3-5-10;20-9-2-4-13-15(6-9)27-16(25-13)8-1-3-12(21)10(5-8)19(17(22)23)11-7-14(11)28-18(24)26-19;13-5-1-2-8(14)6(3-5)12(10(15)16)7-4-9(7)19-11(17)18-12/h2-9,14,16,19H,10H2,1H3,(H,25,26,27);1-8,13,15,17H,9H2,(H,24,25,26);1-6,11,14,17H,7H2,(H2,24,26);1-3,7,9-10H,4H2,(H2,17,18)/t14-,16+,21+;13-,15+,19+;11-,14+,19+;7-,9+,12+/m1111/s1. The number of aliphatic imine (C=N–C) groups is 4. The fourth-order valence-electron chi connectivity index (χ4n) is 13.5. The van der Waals surface area contributed by atoms with Gasteiger partial charge in [0.1, 0.15) is 53.2 Å².